The Hall–Kier alpha value is -0.570. The first-order valence-corrected chi connectivity index (χ1v) is 6.16. The maximum atomic E-state index is 10.4. The van der Waals surface area contributed by atoms with Gasteiger partial charge in [0, 0.05) is 6.42 Å². The third kappa shape index (κ3) is 5.17. The lowest BCUT2D eigenvalue weighted by molar-refractivity contribution is -0.137. The number of likely N-dealkylation sites (tertiary alicyclic amines) is 1. The molecule has 0 radical (unpaired) electrons. The smallest absolute Gasteiger partial charge is 0.303 e. The molecule has 1 saturated heterocycles. The summed E-state index contributed by atoms with van der Waals surface area (Å²) in [5.41, 5.74) is 0. The third-order valence-electron chi connectivity index (χ3n) is 3.30. The number of carbonyl (C=O) groups is 1. The third-order valence-corrected chi connectivity index (χ3v) is 3.30. The average molecular weight is 213 g/mol. The number of nitrogens with zero attached hydrogens (tertiary/aromatic N) is 1. The summed E-state index contributed by atoms with van der Waals surface area (Å²) in [6.45, 7) is 5.79. The lowest BCUT2D eigenvalue weighted by atomic mass is 9.92. The van der Waals surface area contributed by atoms with E-state index in [4.69, 9.17) is 5.11 Å². The number of hydrogen-bond donors (Lipinski definition) is 1. The summed E-state index contributed by atoms with van der Waals surface area (Å²) in [6.07, 6.45) is 6.16. The van der Waals surface area contributed by atoms with Gasteiger partial charge in [0.25, 0.3) is 0 Å². The van der Waals surface area contributed by atoms with Gasteiger partial charge >= 0.3 is 5.97 Å². The Labute approximate surface area is 92.5 Å². The van der Waals surface area contributed by atoms with Gasteiger partial charge in [-0.3, -0.25) is 4.79 Å². The van der Waals surface area contributed by atoms with Crippen LogP contribution in [-0.2, 0) is 4.79 Å². The van der Waals surface area contributed by atoms with E-state index in [2.05, 4.69) is 11.8 Å². The molecule has 0 aromatic heterocycles. The predicted octanol–water partition coefficient (Wildman–Crippen LogP) is 2.36. The highest BCUT2D eigenvalue weighted by atomic mass is 16.4. The normalized spacial score (nSPS) is 19.3. The van der Waals surface area contributed by atoms with Crippen LogP contribution >= 0.6 is 0 Å². The summed E-state index contributed by atoms with van der Waals surface area (Å²) in [7, 11) is 0. The zero-order valence-corrected chi connectivity index (χ0v) is 9.74. The van der Waals surface area contributed by atoms with Gasteiger partial charge in [-0.2, -0.15) is 0 Å². The molecular weight excluding hydrogens is 190 g/mol. The van der Waals surface area contributed by atoms with Crippen molar-refractivity contribution in [2.24, 2.45) is 5.92 Å². The molecule has 1 N–H and O–H groups in total. The molecule has 3 nitrogen and oxygen atoms in total. The predicted molar refractivity (Wildman–Crippen MR) is 60.9 cm³/mol. The Kier molecular flexibility index (Phi) is 5.69. The molecule has 0 aromatic rings. The van der Waals surface area contributed by atoms with E-state index in [-0.39, 0.29) is 0 Å². The minimum atomic E-state index is -0.650. The van der Waals surface area contributed by atoms with Crippen LogP contribution < -0.4 is 0 Å². The SMILES string of the molecule is CCCCN1CCC(CCC(=O)O)CC1. The highest BCUT2D eigenvalue weighted by Gasteiger charge is 2.18. The Balaban J connectivity index is 2.09. The van der Waals surface area contributed by atoms with Gasteiger partial charge in [0.1, 0.15) is 0 Å². The van der Waals surface area contributed by atoms with E-state index >= 15 is 0 Å². The summed E-state index contributed by atoms with van der Waals surface area (Å²) in [5, 5.41) is 8.60. The van der Waals surface area contributed by atoms with Crippen molar-refractivity contribution in [2.45, 2.75) is 45.4 Å². The zero-order valence-electron chi connectivity index (χ0n) is 9.74. The number of carboxylic acids is 1. The lowest BCUT2D eigenvalue weighted by Gasteiger charge is -2.31. The summed E-state index contributed by atoms with van der Waals surface area (Å²) >= 11 is 0. The topological polar surface area (TPSA) is 40.5 Å². The van der Waals surface area contributed by atoms with Gasteiger partial charge in [-0.1, -0.05) is 13.3 Å². The van der Waals surface area contributed by atoms with E-state index in [1.165, 1.54) is 45.3 Å². The molecule has 88 valence electrons. The number of hydrogen-bond acceptors (Lipinski definition) is 2. The van der Waals surface area contributed by atoms with E-state index in [1.807, 2.05) is 0 Å². The second-order valence-electron chi connectivity index (χ2n) is 4.57. The van der Waals surface area contributed by atoms with E-state index in [0.29, 0.717) is 12.3 Å². The quantitative estimate of drug-likeness (QED) is 0.736. The number of rotatable bonds is 6. The molecule has 1 fully saturated rings. The summed E-state index contributed by atoms with van der Waals surface area (Å²) in [6, 6.07) is 0. The minimum absolute atomic E-state index is 0.347. The Morgan fingerprint density at radius 1 is 1.40 bits per heavy atom. The van der Waals surface area contributed by atoms with Crippen LogP contribution in [0.25, 0.3) is 0 Å². The first kappa shape index (κ1) is 12.5. The van der Waals surface area contributed by atoms with Crippen LogP contribution in [0.3, 0.4) is 0 Å². The fourth-order valence-electron chi connectivity index (χ4n) is 2.21. The molecule has 1 aliphatic rings. The van der Waals surface area contributed by atoms with Crippen molar-refractivity contribution in [2.75, 3.05) is 19.6 Å². The molecule has 0 aliphatic carbocycles. The van der Waals surface area contributed by atoms with Gasteiger partial charge < -0.3 is 10.0 Å². The Bertz CT molecular complexity index is 186. The van der Waals surface area contributed by atoms with Gasteiger partial charge in [-0.25, -0.2) is 0 Å². The lowest BCUT2D eigenvalue weighted by Crippen LogP contribution is -2.34. The van der Waals surface area contributed by atoms with E-state index < -0.39 is 5.97 Å². The molecule has 0 unspecified atom stereocenters. The molecule has 15 heavy (non-hydrogen) atoms. The van der Waals surface area contributed by atoms with Crippen molar-refractivity contribution in [1.82, 2.24) is 4.90 Å². The van der Waals surface area contributed by atoms with Crippen LogP contribution in [0.4, 0.5) is 0 Å². The Morgan fingerprint density at radius 3 is 2.60 bits per heavy atom. The summed E-state index contributed by atoms with van der Waals surface area (Å²) in [5.74, 6) is 0.00221. The molecule has 1 rings (SSSR count). The number of unbranched alkanes of at least 4 members (excludes halogenated alkanes) is 1. The standard InChI is InChI=1S/C12H23NO2/c1-2-3-8-13-9-6-11(7-10-13)4-5-12(14)15/h11H,2-10H2,1H3,(H,14,15). The maximum Gasteiger partial charge on any atom is 0.303 e. The zero-order chi connectivity index (χ0) is 11.1. The number of carboxylic acid groups (broad SMARTS) is 1. The van der Waals surface area contributed by atoms with Gasteiger partial charge in [0.05, 0.1) is 0 Å². The van der Waals surface area contributed by atoms with Crippen LogP contribution in [0.1, 0.15) is 45.4 Å². The van der Waals surface area contributed by atoms with E-state index in [9.17, 15) is 4.79 Å². The van der Waals surface area contributed by atoms with Crippen molar-refractivity contribution in [3.63, 3.8) is 0 Å². The molecule has 0 atom stereocenters. The van der Waals surface area contributed by atoms with Crippen molar-refractivity contribution in [3.8, 4) is 0 Å². The fourth-order valence-corrected chi connectivity index (χ4v) is 2.21. The molecule has 3 heteroatoms. The van der Waals surface area contributed by atoms with E-state index in [0.717, 1.165) is 6.42 Å². The van der Waals surface area contributed by atoms with Crippen molar-refractivity contribution < 1.29 is 9.90 Å². The van der Waals surface area contributed by atoms with Crippen LogP contribution in [0.15, 0.2) is 0 Å². The van der Waals surface area contributed by atoms with Gasteiger partial charge in [0.15, 0.2) is 0 Å². The fraction of sp³-hybridized carbons (Fsp3) is 0.917. The Morgan fingerprint density at radius 2 is 2.07 bits per heavy atom. The van der Waals surface area contributed by atoms with Crippen molar-refractivity contribution in [1.29, 1.82) is 0 Å². The summed E-state index contributed by atoms with van der Waals surface area (Å²) in [4.78, 5) is 13.0. The minimum Gasteiger partial charge on any atom is -0.481 e. The second kappa shape index (κ2) is 6.83. The van der Waals surface area contributed by atoms with Crippen molar-refractivity contribution in [3.05, 3.63) is 0 Å². The molecule has 0 aromatic carbocycles. The first-order valence-electron chi connectivity index (χ1n) is 6.16. The monoisotopic (exact) mass is 213 g/mol. The van der Waals surface area contributed by atoms with Crippen LogP contribution in [0.2, 0.25) is 0 Å². The molecule has 0 bridgehead atoms. The molecule has 1 aliphatic heterocycles. The van der Waals surface area contributed by atoms with Crippen LogP contribution in [0, 0.1) is 5.92 Å². The number of piperidine rings is 1. The molecular formula is C12H23NO2. The largest absolute Gasteiger partial charge is 0.481 e. The summed E-state index contributed by atoms with van der Waals surface area (Å²) < 4.78 is 0. The highest BCUT2D eigenvalue weighted by molar-refractivity contribution is 5.66. The van der Waals surface area contributed by atoms with Crippen molar-refractivity contribution >= 4 is 5.97 Å². The molecule has 1 heterocycles. The first-order chi connectivity index (χ1) is 7.22. The van der Waals surface area contributed by atoms with Crippen LogP contribution in [-0.4, -0.2) is 35.6 Å². The molecule has 0 saturated carbocycles. The number of aliphatic carboxylic acids is 1. The van der Waals surface area contributed by atoms with Gasteiger partial charge in [0.2, 0.25) is 0 Å². The second-order valence-corrected chi connectivity index (χ2v) is 4.57. The highest BCUT2D eigenvalue weighted by Crippen LogP contribution is 2.21. The van der Waals surface area contributed by atoms with Gasteiger partial charge in [-0.05, 0) is 51.2 Å². The van der Waals surface area contributed by atoms with Crippen LogP contribution in [0.5, 0.6) is 0 Å². The van der Waals surface area contributed by atoms with E-state index in [1.54, 1.807) is 0 Å². The molecule has 0 spiro atoms. The molecule has 0 amide bonds. The average Bonchev–Trinajstić information content (AvgIpc) is 2.25. The maximum absolute atomic E-state index is 10.4. The van der Waals surface area contributed by atoms with Gasteiger partial charge in [-0.15, -0.1) is 0 Å².